The summed E-state index contributed by atoms with van der Waals surface area (Å²) in [6.45, 7) is 4.31. The molecule has 27 heavy (non-hydrogen) atoms. The number of hydrogen-bond donors (Lipinski definition) is 0. The van der Waals surface area contributed by atoms with Gasteiger partial charge in [-0.1, -0.05) is 113 Å². The van der Waals surface area contributed by atoms with Gasteiger partial charge in [0.25, 0.3) is 0 Å². The average molecular weight is 376 g/mol. The summed E-state index contributed by atoms with van der Waals surface area (Å²) < 4.78 is 5.40. The van der Waals surface area contributed by atoms with Gasteiger partial charge in [-0.25, -0.2) is 0 Å². The molecule has 1 atom stereocenters. The van der Waals surface area contributed by atoms with Gasteiger partial charge in [-0.15, -0.1) is 0 Å². The van der Waals surface area contributed by atoms with E-state index in [1.54, 1.807) is 7.11 Å². The first-order chi connectivity index (χ1) is 13.2. The van der Waals surface area contributed by atoms with E-state index in [1.165, 1.54) is 77.0 Å². The molecule has 154 valence electrons. The number of hydrogen-bond acceptors (Lipinski definition) is 3. The zero-order valence-corrected chi connectivity index (χ0v) is 18.0. The summed E-state index contributed by atoms with van der Waals surface area (Å²) in [5.41, 5.74) is 2.08. The van der Waals surface area contributed by atoms with Crippen LogP contribution in [-0.2, 0) is 0 Å². The SMILES string of the molecule is CCCCCCCCCCCCCCCC(N=O)c1cc(C)ccc1OC. The van der Waals surface area contributed by atoms with E-state index < -0.39 is 0 Å². The molecule has 0 amide bonds. The molecule has 0 aliphatic carbocycles. The van der Waals surface area contributed by atoms with E-state index in [1.807, 2.05) is 25.1 Å². The first-order valence-electron chi connectivity index (χ1n) is 11.2. The summed E-state index contributed by atoms with van der Waals surface area (Å²) in [5, 5.41) is 3.37. The predicted molar refractivity (Wildman–Crippen MR) is 117 cm³/mol. The maximum absolute atomic E-state index is 11.3. The van der Waals surface area contributed by atoms with Crippen molar-refractivity contribution in [2.45, 2.75) is 110 Å². The van der Waals surface area contributed by atoms with E-state index in [9.17, 15) is 4.91 Å². The van der Waals surface area contributed by atoms with Crippen LogP contribution in [0.1, 0.15) is 114 Å². The molecule has 0 N–H and O–H groups in total. The number of unbranched alkanes of at least 4 members (excludes halogenated alkanes) is 12. The first-order valence-corrected chi connectivity index (χ1v) is 11.2. The van der Waals surface area contributed by atoms with Crippen molar-refractivity contribution in [3.63, 3.8) is 0 Å². The predicted octanol–water partition coefficient (Wildman–Crippen LogP) is 8.29. The van der Waals surface area contributed by atoms with Gasteiger partial charge in [0.1, 0.15) is 11.8 Å². The van der Waals surface area contributed by atoms with Crippen LogP contribution in [0, 0.1) is 11.8 Å². The van der Waals surface area contributed by atoms with Gasteiger partial charge in [0.05, 0.1) is 7.11 Å². The van der Waals surface area contributed by atoms with E-state index in [4.69, 9.17) is 4.74 Å². The van der Waals surface area contributed by atoms with Gasteiger partial charge < -0.3 is 4.74 Å². The van der Waals surface area contributed by atoms with Crippen LogP contribution in [0.4, 0.5) is 0 Å². The van der Waals surface area contributed by atoms with Crippen LogP contribution in [0.2, 0.25) is 0 Å². The summed E-state index contributed by atoms with van der Waals surface area (Å²) in [7, 11) is 1.65. The molecule has 0 saturated heterocycles. The van der Waals surface area contributed by atoms with Crippen LogP contribution < -0.4 is 4.74 Å². The molecule has 3 nitrogen and oxygen atoms in total. The number of nitrogens with zero attached hydrogens (tertiary/aromatic N) is 1. The fourth-order valence-electron chi connectivity index (χ4n) is 3.73. The third-order valence-corrected chi connectivity index (χ3v) is 5.45. The quantitative estimate of drug-likeness (QED) is 0.203. The number of aryl methyl sites for hydroxylation is 1. The second-order valence-corrected chi connectivity index (χ2v) is 7.90. The van der Waals surface area contributed by atoms with Crippen molar-refractivity contribution in [3.8, 4) is 5.75 Å². The highest BCUT2D eigenvalue weighted by Gasteiger charge is 2.16. The number of benzene rings is 1. The van der Waals surface area contributed by atoms with Gasteiger partial charge in [0, 0.05) is 5.56 Å². The molecule has 0 heterocycles. The molecule has 0 aliphatic heterocycles. The van der Waals surface area contributed by atoms with Gasteiger partial charge in [-0.05, 0) is 19.4 Å². The molecule has 0 bridgehead atoms. The lowest BCUT2D eigenvalue weighted by molar-refractivity contribution is 0.402. The Morgan fingerprint density at radius 3 is 1.85 bits per heavy atom. The standard InChI is InChI=1S/C24H41NO2/c1-4-5-6-7-8-9-10-11-12-13-14-15-16-17-23(25-26)22-20-21(2)18-19-24(22)27-3/h18-20,23H,4-17H2,1-3H3. The number of methoxy groups -OCH3 is 1. The Bertz CT molecular complexity index is 501. The lowest BCUT2D eigenvalue weighted by Gasteiger charge is -2.14. The van der Waals surface area contributed by atoms with Crippen LogP contribution in [0.3, 0.4) is 0 Å². The molecule has 0 radical (unpaired) electrons. The summed E-state index contributed by atoms with van der Waals surface area (Å²) in [5.74, 6) is 0.778. The summed E-state index contributed by atoms with van der Waals surface area (Å²) in [4.78, 5) is 11.3. The maximum Gasteiger partial charge on any atom is 0.124 e. The Kier molecular flexibility index (Phi) is 13.7. The van der Waals surface area contributed by atoms with Crippen LogP contribution in [0.25, 0.3) is 0 Å². The smallest absolute Gasteiger partial charge is 0.124 e. The second kappa shape index (κ2) is 15.7. The molecule has 0 aliphatic rings. The van der Waals surface area contributed by atoms with Crippen molar-refractivity contribution >= 4 is 0 Å². The van der Waals surface area contributed by atoms with E-state index in [-0.39, 0.29) is 6.04 Å². The molecule has 1 unspecified atom stereocenters. The number of nitroso groups, excluding NO2 is 1. The van der Waals surface area contributed by atoms with Crippen molar-refractivity contribution < 1.29 is 4.74 Å². The average Bonchev–Trinajstić information content (AvgIpc) is 2.68. The van der Waals surface area contributed by atoms with Crippen LogP contribution >= 0.6 is 0 Å². The Labute approximate surface area is 167 Å². The number of ether oxygens (including phenoxy) is 1. The van der Waals surface area contributed by atoms with E-state index in [0.29, 0.717) is 0 Å². The zero-order valence-electron chi connectivity index (χ0n) is 18.0. The fourth-order valence-corrected chi connectivity index (χ4v) is 3.73. The minimum absolute atomic E-state index is 0.285. The van der Waals surface area contributed by atoms with Crippen LogP contribution in [0.15, 0.2) is 23.4 Å². The van der Waals surface area contributed by atoms with Gasteiger partial charge in [0.15, 0.2) is 0 Å². The molecule has 0 saturated carbocycles. The third kappa shape index (κ3) is 10.5. The van der Waals surface area contributed by atoms with Crippen molar-refractivity contribution in [2.75, 3.05) is 7.11 Å². The second-order valence-electron chi connectivity index (χ2n) is 7.90. The highest BCUT2D eigenvalue weighted by atomic mass is 16.5. The minimum atomic E-state index is -0.285. The molecule has 1 rings (SSSR count). The summed E-state index contributed by atoms with van der Waals surface area (Å²) in [6, 6.07) is 5.70. The number of rotatable bonds is 17. The fraction of sp³-hybridized carbons (Fsp3) is 0.750. The molecule has 1 aromatic rings. The lowest BCUT2D eigenvalue weighted by atomic mass is 9.98. The highest BCUT2D eigenvalue weighted by Crippen LogP contribution is 2.32. The van der Waals surface area contributed by atoms with Crippen molar-refractivity contribution in [1.82, 2.24) is 0 Å². The van der Waals surface area contributed by atoms with Gasteiger partial charge >= 0.3 is 0 Å². The first kappa shape index (κ1) is 23.7. The Morgan fingerprint density at radius 1 is 0.852 bits per heavy atom. The van der Waals surface area contributed by atoms with Crippen LogP contribution in [0.5, 0.6) is 5.75 Å². The monoisotopic (exact) mass is 375 g/mol. The Hall–Kier alpha value is -1.38. The molecule has 0 spiro atoms. The summed E-state index contributed by atoms with van der Waals surface area (Å²) >= 11 is 0. The van der Waals surface area contributed by atoms with Crippen molar-refractivity contribution in [2.24, 2.45) is 5.18 Å². The van der Waals surface area contributed by atoms with Gasteiger partial charge in [-0.3, -0.25) is 0 Å². The van der Waals surface area contributed by atoms with E-state index in [0.717, 1.165) is 29.7 Å². The Morgan fingerprint density at radius 2 is 1.37 bits per heavy atom. The normalized spacial score (nSPS) is 12.1. The molecule has 0 fully saturated rings. The van der Waals surface area contributed by atoms with Crippen molar-refractivity contribution in [3.05, 3.63) is 34.2 Å². The molecule has 1 aromatic carbocycles. The van der Waals surface area contributed by atoms with Gasteiger partial charge in [-0.2, -0.15) is 4.91 Å². The molecular formula is C24H41NO2. The molecule has 3 heteroatoms. The molecule has 0 aromatic heterocycles. The third-order valence-electron chi connectivity index (χ3n) is 5.45. The largest absolute Gasteiger partial charge is 0.496 e. The van der Waals surface area contributed by atoms with E-state index in [2.05, 4.69) is 12.1 Å². The zero-order chi connectivity index (χ0) is 19.7. The lowest BCUT2D eigenvalue weighted by Crippen LogP contribution is -2.00. The van der Waals surface area contributed by atoms with Crippen molar-refractivity contribution in [1.29, 1.82) is 0 Å². The Balaban J connectivity index is 2.08. The highest BCUT2D eigenvalue weighted by molar-refractivity contribution is 5.39. The summed E-state index contributed by atoms with van der Waals surface area (Å²) in [6.07, 6.45) is 18.2. The topological polar surface area (TPSA) is 38.7 Å². The maximum atomic E-state index is 11.3. The van der Waals surface area contributed by atoms with E-state index >= 15 is 0 Å². The van der Waals surface area contributed by atoms with Gasteiger partial charge in [0.2, 0.25) is 0 Å². The van der Waals surface area contributed by atoms with Crippen LogP contribution in [-0.4, -0.2) is 7.11 Å². The minimum Gasteiger partial charge on any atom is -0.496 e. The molecular weight excluding hydrogens is 334 g/mol.